The number of para-hydroxylation sites is 1. The summed E-state index contributed by atoms with van der Waals surface area (Å²) in [6, 6.07) is 7.05. The Morgan fingerprint density at radius 3 is 2.85 bits per heavy atom. The lowest BCUT2D eigenvalue weighted by Crippen LogP contribution is -2.08. The number of aliphatic imine (C=N–C) groups is 1. The van der Waals surface area contributed by atoms with Gasteiger partial charge in [0, 0.05) is 0 Å². The van der Waals surface area contributed by atoms with Gasteiger partial charge in [0.2, 0.25) is 5.90 Å². The Labute approximate surface area is 76.7 Å². The van der Waals surface area contributed by atoms with Crippen LogP contribution in [-0.4, -0.2) is 23.7 Å². The molecular formula is C10H11NO2. The maximum Gasteiger partial charge on any atom is 0.220 e. The van der Waals surface area contributed by atoms with E-state index in [-0.39, 0.29) is 11.9 Å². The first-order chi connectivity index (χ1) is 6.27. The van der Waals surface area contributed by atoms with Gasteiger partial charge in [0.05, 0.1) is 12.1 Å². The lowest BCUT2D eigenvalue weighted by atomic mass is 10.2. The van der Waals surface area contributed by atoms with Crippen molar-refractivity contribution in [3.63, 3.8) is 0 Å². The van der Waals surface area contributed by atoms with E-state index in [1.807, 2.05) is 13.0 Å². The Morgan fingerprint density at radius 2 is 2.23 bits per heavy atom. The Kier molecular flexibility index (Phi) is 1.93. The van der Waals surface area contributed by atoms with Crippen LogP contribution in [0.15, 0.2) is 29.3 Å². The number of phenolic OH excluding ortho intramolecular Hbond substituents is 1. The van der Waals surface area contributed by atoms with Gasteiger partial charge in [-0.15, -0.1) is 0 Å². The lowest BCUT2D eigenvalue weighted by Gasteiger charge is -2.06. The van der Waals surface area contributed by atoms with Crippen molar-refractivity contribution in [1.82, 2.24) is 0 Å². The summed E-state index contributed by atoms with van der Waals surface area (Å²) in [4.78, 5) is 4.18. The molecule has 68 valence electrons. The zero-order chi connectivity index (χ0) is 9.26. The first kappa shape index (κ1) is 8.10. The van der Waals surface area contributed by atoms with Gasteiger partial charge < -0.3 is 9.84 Å². The van der Waals surface area contributed by atoms with Crippen LogP contribution in [0.25, 0.3) is 0 Å². The summed E-state index contributed by atoms with van der Waals surface area (Å²) >= 11 is 0. The fourth-order valence-electron chi connectivity index (χ4n) is 1.28. The second-order valence-corrected chi connectivity index (χ2v) is 3.09. The van der Waals surface area contributed by atoms with Crippen molar-refractivity contribution in [2.45, 2.75) is 13.0 Å². The number of benzene rings is 1. The Morgan fingerprint density at radius 1 is 1.46 bits per heavy atom. The fraction of sp³-hybridized carbons (Fsp3) is 0.300. The SMILES string of the molecule is CC1CN=C(c2ccccc2O)O1. The zero-order valence-electron chi connectivity index (χ0n) is 7.40. The second kappa shape index (κ2) is 3.09. The number of hydrogen-bond acceptors (Lipinski definition) is 3. The summed E-state index contributed by atoms with van der Waals surface area (Å²) in [5, 5.41) is 9.50. The molecule has 3 heteroatoms. The van der Waals surface area contributed by atoms with Crippen LogP contribution in [0.1, 0.15) is 12.5 Å². The van der Waals surface area contributed by atoms with E-state index < -0.39 is 0 Å². The first-order valence-corrected chi connectivity index (χ1v) is 4.27. The standard InChI is InChI=1S/C10H11NO2/c1-7-6-11-10(13-7)8-4-2-3-5-9(8)12/h2-5,7,12H,6H2,1H3. The first-order valence-electron chi connectivity index (χ1n) is 4.27. The van der Waals surface area contributed by atoms with Crippen molar-refractivity contribution >= 4 is 5.90 Å². The minimum Gasteiger partial charge on any atom is -0.507 e. The van der Waals surface area contributed by atoms with E-state index in [1.165, 1.54) is 0 Å². The third-order valence-electron chi connectivity index (χ3n) is 1.94. The van der Waals surface area contributed by atoms with E-state index in [2.05, 4.69) is 4.99 Å². The van der Waals surface area contributed by atoms with Gasteiger partial charge >= 0.3 is 0 Å². The topological polar surface area (TPSA) is 41.8 Å². The molecule has 1 aliphatic rings. The maximum atomic E-state index is 9.50. The van der Waals surface area contributed by atoms with E-state index in [9.17, 15) is 5.11 Å². The highest BCUT2D eigenvalue weighted by atomic mass is 16.5. The van der Waals surface area contributed by atoms with Gasteiger partial charge in [-0.3, -0.25) is 0 Å². The molecule has 0 aliphatic carbocycles. The highest BCUT2D eigenvalue weighted by molar-refractivity contribution is 5.97. The molecule has 0 amide bonds. The molecule has 0 saturated heterocycles. The molecule has 0 saturated carbocycles. The van der Waals surface area contributed by atoms with E-state index >= 15 is 0 Å². The summed E-state index contributed by atoms with van der Waals surface area (Å²) in [5.41, 5.74) is 0.673. The predicted molar refractivity (Wildman–Crippen MR) is 50.1 cm³/mol. The molecule has 1 aromatic carbocycles. The molecule has 0 aromatic heterocycles. The largest absolute Gasteiger partial charge is 0.507 e. The van der Waals surface area contributed by atoms with Gasteiger partial charge in [-0.25, -0.2) is 4.99 Å². The molecule has 1 atom stereocenters. The van der Waals surface area contributed by atoms with Crippen molar-refractivity contribution in [2.24, 2.45) is 4.99 Å². The quantitative estimate of drug-likeness (QED) is 0.707. The summed E-state index contributed by atoms with van der Waals surface area (Å²) in [6.07, 6.45) is 0.120. The number of rotatable bonds is 1. The number of hydrogen-bond donors (Lipinski definition) is 1. The van der Waals surface area contributed by atoms with E-state index in [0.717, 1.165) is 0 Å². The van der Waals surface area contributed by atoms with Crippen molar-refractivity contribution in [3.8, 4) is 5.75 Å². The summed E-state index contributed by atoms with van der Waals surface area (Å²) in [7, 11) is 0. The molecule has 0 radical (unpaired) electrons. The van der Waals surface area contributed by atoms with Gasteiger partial charge in [0.1, 0.15) is 11.9 Å². The number of phenols is 1. The lowest BCUT2D eigenvalue weighted by molar-refractivity contribution is 0.246. The molecule has 0 bridgehead atoms. The molecule has 13 heavy (non-hydrogen) atoms. The van der Waals surface area contributed by atoms with Crippen LogP contribution in [0.4, 0.5) is 0 Å². The van der Waals surface area contributed by atoms with E-state index in [1.54, 1.807) is 18.2 Å². The molecule has 1 unspecified atom stereocenters. The van der Waals surface area contributed by atoms with E-state index in [4.69, 9.17) is 4.74 Å². The van der Waals surface area contributed by atoms with Crippen LogP contribution >= 0.6 is 0 Å². The van der Waals surface area contributed by atoms with Gasteiger partial charge in [-0.05, 0) is 19.1 Å². The smallest absolute Gasteiger partial charge is 0.220 e. The third kappa shape index (κ3) is 1.49. The zero-order valence-corrected chi connectivity index (χ0v) is 7.40. The predicted octanol–water partition coefficient (Wildman–Crippen LogP) is 1.56. The van der Waals surface area contributed by atoms with Crippen LogP contribution in [-0.2, 0) is 4.74 Å². The molecule has 3 nitrogen and oxygen atoms in total. The molecule has 2 rings (SSSR count). The Hall–Kier alpha value is -1.51. The van der Waals surface area contributed by atoms with Crippen molar-refractivity contribution in [3.05, 3.63) is 29.8 Å². The van der Waals surface area contributed by atoms with Crippen molar-refractivity contribution < 1.29 is 9.84 Å². The van der Waals surface area contributed by atoms with Crippen LogP contribution in [0.5, 0.6) is 5.75 Å². The minimum atomic E-state index is 0.120. The molecule has 1 heterocycles. The van der Waals surface area contributed by atoms with E-state index in [0.29, 0.717) is 18.0 Å². The van der Waals surface area contributed by atoms with Crippen LogP contribution in [0.3, 0.4) is 0 Å². The number of ether oxygens (including phenoxy) is 1. The molecule has 0 fully saturated rings. The average Bonchev–Trinajstić information content (AvgIpc) is 2.53. The van der Waals surface area contributed by atoms with Crippen LogP contribution in [0, 0.1) is 0 Å². The van der Waals surface area contributed by atoms with Crippen LogP contribution in [0.2, 0.25) is 0 Å². The van der Waals surface area contributed by atoms with Gasteiger partial charge in [0.15, 0.2) is 0 Å². The minimum absolute atomic E-state index is 0.120. The van der Waals surface area contributed by atoms with Crippen molar-refractivity contribution in [2.75, 3.05) is 6.54 Å². The third-order valence-corrected chi connectivity index (χ3v) is 1.94. The average molecular weight is 177 g/mol. The second-order valence-electron chi connectivity index (χ2n) is 3.09. The highest BCUT2D eigenvalue weighted by Crippen LogP contribution is 2.20. The Bertz CT molecular complexity index is 347. The van der Waals surface area contributed by atoms with Crippen molar-refractivity contribution in [1.29, 1.82) is 0 Å². The summed E-state index contributed by atoms with van der Waals surface area (Å²) in [6.45, 7) is 2.63. The normalized spacial score (nSPS) is 21.0. The maximum absolute atomic E-state index is 9.50. The number of aromatic hydroxyl groups is 1. The summed E-state index contributed by atoms with van der Waals surface area (Å²) in [5.74, 6) is 0.765. The molecular weight excluding hydrogens is 166 g/mol. The van der Waals surface area contributed by atoms with Gasteiger partial charge in [-0.2, -0.15) is 0 Å². The van der Waals surface area contributed by atoms with Gasteiger partial charge in [-0.1, -0.05) is 12.1 Å². The molecule has 1 aromatic rings. The van der Waals surface area contributed by atoms with Gasteiger partial charge in [0.25, 0.3) is 0 Å². The summed E-state index contributed by atoms with van der Waals surface area (Å²) < 4.78 is 5.42. The highest BCUT2D eigenvalue weighted by Gasteiger charge is 2.18. The monoisotopic (exact) mass is 177 g/mol. The fourth-order valence-corrected chi connectivity index (χ4v) is 1.28. The number of nitrogens with zero attached hydrogens (tertiary/aromatic N) is 1. The molecule has 0 spiro atoms. The Balaban J connectivity index is 2.31. The molecule has 1 N–H and O–H groups in total. The molecule has 1 aliphatic heterocycles. The van der Waals surface area contributed by atoms with Crippen LogP contribution < -0.4 is 0 Å².